The number of nitrogens with one attached hydrogen (secondary N) is 2. The lowest BCUT2D eigenvalue weighted by molar-refractivity contribution is 0.0706. The predicted molar refractivity (Wildman–Crippen MR) is 114 cm³/mol. The Morgan fingerprint density at radius 1 is 0.933 bits per heavy atom. The van der Waals surface area contributed by atoms with Crippen LogP contribution in [0.5, 0.6) is 0 Å². The lowest BCUT2D eigenvalue weighted by Gasteiger charge is -2.14. The molecule has 0 bridgehead atoms. The summed E-state index contributed by atoms with van der Waals surface area (Å²) in [5, 5.41) is 9.81. The zero-order chi connectivity index (χ0) is 21.1. The van der Waals surface area contributed by atoms with E-state index in [-0.39, 0.29) is 4.90 Å². The molecule has 30 heavy (non-hydrogen) atoms. The van der Waals surface area contributed by atoms with Gasteiger partial charge in [0.15, 0.2) is 0 Å². The summed E-state index contributed by atoms with van der Waals surface area (Å²) in [6, 6.07) is 22.4. The molecule has 1 amide bonds. The first-order chi connectivity index (χ1) is 14.5. The van der Waals surface area contributed by atoms with Crippen LogP contribution in [0.3, 0.4) is 0 Å². The number of anilines is 1. The van der Waals surface area contributed by atoms with E-state index in [1.807, 2.05) is 29.0 Å². The van der Waals surface area contributed by atoms with E-state index in [1.54, 1.807) is 54.0 Å². The molecule has 0 aliphatic carbocycles. The maximum atomic E-state index is 12.7. The summed E-state index contributed by atoms with van der Waals surface area (Å²) in [5.41, 5.74) is 3.99. The van der Waals surface area contributed by atoms with Crippen LogP contribution in [0.15, 0.2) is 90.0 Å². The molecule has 0 unspecified atom stereocenters. The normalized spacial score (nSPS) is 11.4. The van der Waals surface area contributed by atoms with Crippen LogP contribution in [0.2, 0.25) is 0 Å². The van der Waals surface area contributed by atoms with E-state index < -0.39 is 15.9 Å². The summed E-state index contributed by atoms with van der Waals surface area (Å²) in [6.07, 6.45) is 1.87. The number of aromatic nitrogens is 1. The molecule has 1 heterocycles. The quantitative estimate of drug-likeness (QED) is 0.327. The van der Waals surface area contributed by atoms with E-state index in [1.165, 1.54) is 12.1 Å². The molecule has 1 aromatic heterocycles. The minimum atomic E-state index is -3.72. The standard InChI is InChI=1S/C22H19N3O4S/c26-22(23-27)17-11-10-16-12-13-25(21(16)14-17)15-18-6-4-5-9-20(18)24-30(28,29)19-7-2-1-3-8-19/h1-14,24,27H,15H2,(H,23,26). The van der Waals surface area contributed by atoms with Crippen molar-refractivity contribution in [1.82, 2.24) is 10.0 Å². The maximum absolute atomic E-state index is 12.7. The van der Waals surface area contributed by atoms with Gasteiger partial charge in [-0.1, -0.05) is 42.5 Å². The van der Waals surface area contributed by atoms with Gasteiger partial charge in [0.05, 0.1) is 10.6 Å². The number of para-hydroxylation sites is 1. The number of sulfonamides is 1. The van der Waals surface area contributed by atoms with Crippen LogP contribution >= 0.6 is 0 Å². The van der Waals surface area contributed by atoms with Crippen molar-refractivity contribution in [3.8, 4) is 0 Å². The Kier molecular flexibility index (Phi) is 5.26. The van der Waals surface area contributed by atoms with Crippen molar-refractivity contribution >= 4 is 32.5 Å². The molecule has 0 saturated heterocycles. The number of carbonyl (C=O) groups is 1. The Morgan fingerprint density at radius 3 is 2.43 bits per heavy atom. The fourth-order valence-corrected chi connectivity index (χ4v) is 4.39. The van der Waals surface area contributed by atoms with Crippen LogP contribution in [0.1, 0.15) is 15.9 Å². The first-order valence-corrected chi connectivity index (χ1v) is 10.7. The third kappa shape index (κ3) is 3.91. The SMILES string of the molecule is O=C(NO)c1ccc2ccn(Cc3ccccc3NS(=O)(=O)c3ccccc3)c2c1. The lowest BCUT2D eigenvalue weighted by atomic mass is 10.1. The second kappa shape index (κ2) is 8.02. The Bertz CT molecular complexity index is 1310. The first-order valence-electron chi connectivity index (χ1n) is 9.17. The molecule has 152 valence electrons. The van der Waals surface area contributed by atoms with Gasteiger partial charge in [0.1, 0.15) is 0 Å². The summed E-state index contributed by atoms with van der Waals surface area (Å²) in [5.74, 6) is -0.597. The minimum absolute atomic E-state index is 0.186. The third-order valence-corrected chi connectivity index (χ3v) is 6.17. The molecule has 0 aliphatic heterocycles. The van der Waals surface area contributed by atoms with E-state index in [2.05, 4.69) is 4.72 Å². The molecule has 0 saturated carbocycles. The van der Waals surface area contributed by atoms with Gasteiger partial charge in [0, 0.05) is 23.8 Å². The summed E-state index contributed by atoms with van der Waals surface area (Å²) >= 11 is 0. The number of fused-ring (bicyclic) bond motifs is 1. The van der Waals surface area contributed by atoms with Crippen molar-refractivity contribution in [2.24, 2.45) is 0 Å². The number of amides is 1. The zero-order valence-corrected chi connectivity index (χ0v) is 16.6. The number of carbonyl (C=O) groups excluding carboxylic acids is 1. The number of hydrogen-bond donors (Lipinski definition) is 3. The number of hydrogen-bond acceptors (Lipinski definition) is 4. The van der Waals surface area contributed by atoms with Gasteiger partial charge in [-0.2, -0.15) is 0 Å². The largest absolute Gasteiger partial charge is 0.343 e. The van der Waals surface area contributed by atoms with Crippen LogP contribution in [-0.2, 0) is 16.6 Å². The average Bonchev–Trinajstić information content (AvgIpc) is 3.17. The summed E-state index contributed by atoms with van der Waals surface area (Å²) in [4.78, 5) is 11.9. The Balaban J connectivity index is 1.68. The summed E-state index contributed by atoms with van der Waals surface area (Å²) in [7, 11) is -3.72. The molecular formula is C22H19N3O4S. The van der Waals surface area contributed by atoms with Crippen LogP contribution in [0.25, 0.3) is 10.9 Å². The Hall–Kier alpha value is -3.62. The average molecular weight is 421 g/mol. The van der Waals surface area contributed by atoms with Crippen molar-refractivity contribution < 1.29 is 18.4 Å². The van der Waals surface area contributed by atoms with Crippen molar-refractivity contribution in [1.29, 1.82) is 0 Å². The minimum Gasteiger partial charge on any atom is -0.343 e. The number of nitrogens with zero attached hydrogens (tertiary/aromatic N) is 1. The Labute approximate surface area is 173 Å². The van der Waals surface area contributed by atoms with Gasteiger partial charge < -0.3 is 4.57 Å². The van der Waals surface area contributed by atoms with Gasteiger partial charge in [0.25, 0.3) is 15.9 Å². The van der Waals surface area contributed by atoms with Gasteiger partial charge in [-0.15, -0.1) is 0 Å². The van der Waals surface area contributed by atoms with Gasteiger partial charge in [-0.05, 0) is 47.3 Å². The van der Waals surface area contributed by atoms with E-state index >= 15 is 0 Å². The zero-order valence-electron chi connectivity index (χ0n) is 15.8. The van der Waals surface area contributed by atoms with Crippen LogP contribution in [-0.4, -0.2) is 24.1 Å². The second-order valence-electron chi connectivity index (χ2n) is 6.73. The molecule has 3 N–H and O–H groups in total. The van der Waals surface area contributed by atoms with Gasteiger partial charge >= 0.3 is 0 Å². The summed E-state index contributed by atoms with van der Waals surface area (Å²) < 4.78 is 30.1. The molecule has 0 atom stereocenters. The predicted octanol–water partition coefficient (Wildman–Crippen LogP) is 3.61. The van der Waals surface area contributed by atoms with Crippen molar-refractivity contribution in [2.75, 3.05) is 4.72 Å². The van der Waals surface area contributed by atoms with Gasteiger partial charge in [-0.25, -0.2) is 13.9 Å². The molecule has 0 radical (unpaired) electrons. The molecule has 0 spiro atoms. The molecule has 0 aliphatic rings. The first kappa shape index (κ1) is 19.7. The van der Waals surface area contributed by atoms with Crippen molar-refractivity contribution in [3.05, 3.63) is 96.2 Å². The molecule has 8 heteroatoms. The van der Waals surface area contributed by atoms with Crippen LogP contribution in [0, 0.1) is 0 Å². The third-order valence-electron chi connectivity index (χ3n) is 4.79. The van der Waals surface area contributed by atoms with Crippen molar-refractivity contribution in [2.45, 2.75) is 11.4 Å². The highest BCUT2D eigenvalue weighted by Crippen LogP contribution is 2.24. The topological polar surface area (TPSA) is 100 Å². The molecule has 4 rings (SSSR count). The van der Waals surface area contributed by atoms with E-state index in [0.29, 0.717) is 17.8 Å². The highest BCUT2D eigenvalue weighted by Gasteiger charge is 2.16. The van der Waals surface area contributed by atoms with E-state index in [4.69, 9.17) is 5.21 Å². The highest BCUT2D eigenvalue weighted by atomic mass is 32.2. The fraction of sp³-hybridized carbons (Fsp3) is 0.0455. The molecular weight excluding hydrogens is 402 g/mol. The molecule has 7 nitrogen and oxygen atoms in total. The smallest absolute Gasteiger partial charge is 0.274 e. The lowest BCUT2D eigenvalue weighted by Crippen LogP contribution is -2.18. The van der Waals surface area contributed by atoms with E-state index in [0.717, 1.165) is 16.5 Å². The summed E-state index contributed by atoms with van der Waals surface area (Å²) in [6.45, 7) is 0.390. The number of rotatable bonds is 6. The number of benzene rings is 3. The highest BCUT2D eigenvalue weighted by molar-refractivity contribution is 7.92. The van der Waals surface area contributed by atoms with Gasteiger partial charge in [-0.3, -0.25) is 14.7 Å². The Morgan fingerprint density at radius 2 is 1.67 bits per heavy atom. The monoisotopic (exact) mass is 421 g/mol. The molecule has 4 aromatic rings. The number of hydroxylamine groups is 1. The van der Waals surface area contributed by atoms with Gasteiger partial charge in [0.2, 0.25) is 0 Å². The van der Waals surface area contributed by atoms with Crippen molar-refractivity contribution in [3.63, 3.8) is 0 Å². The second-order valence-corrected chi connectivity index (χ2v) is 8.42. The van der Waals surface area contributed by atoms with Crippen LogP contribution < -0.4 is 10.2 Å². The van der Waals surface area contributed by atoms with E-state index in [9.17, 15) is 13.2 Å². The maximum Gasteiger partial charge on any atom is 0.274 e. The fourth-order valence-electron chi connectivity index (χ4n) is 3.27. The molecule has 0 fully saturated rings. The molecule has 3 aromatic carbocycles. The van der Waals surface area contributed by atoms with Crippen LogP contribution in [0.4, 0.5) is 5.69 Å².